The maximum Gasteiger partial charge on any atom is 0.262 e. The van der Waals surface area contributed by atoms with Gasteiger partial charge in [-0.15, -0.1) is 0 Å². The molecular weight excluding hydrogens is 366 g/mol. The Bertz CT molecular complexity index is 955. The van der Waals surface area contributed by atoms with Crippen LogP contribution in [0.25, 0.3) is 16.3 Å². The average molecular weight is 393 g/mol. The van der Waals surface area contributed by atoms with Gasteiger partial charge in [0.2, 0.25) is 0 Å². The number of allylic oxidation sites excluding steroid dienone is 1. The second-order valence-corrected chi connectivity index (χ2v) is 7.45. The Morgan fingerprint density at radius 2 is 1.86 bits per heavy atom. The molecule has 0 saturated carbocycles. The lowest BCUT2D eigenvalue weighted by atomic mass is 9.98. The first-order chi connectivity index (χ1) is 14.0. The molecule has 0 aromatic heterocycles. The maximum absolute atomic E-state index is 12.3. The first-order valence-electron chi connectivity index (χ1n) is 10.0. The lowest BCUT2D eigenvalue weighted by Gasteiger charge is -2.29. The van der Waals surface area contributed by atoms with E-state index in [1.54, 1.807) is 6.92 Å². The smallest absolute Gasteiger partial charge is 0.262 e. The predicted octanol–water partition coefficient (Wildman–Crippen LogP) is 2.60. The van der Waals surface area contributed by atoms with Gasteiger partial charge in [0.15, 0.2) is 0 Å². The fourth-order valence-electron chi connectivity index (χ4n) is 3.63. The summed E-state index contributed by atoms with van der Waals surface area (Å²) in [5.41, 5.74) is 2.61. The quantitative estimate of drug-likeness (QED) is 0.518. The number of aliphatic hydroxyl groups excluding tert-OH is 2. The van der Waals surface area contributed by atoms with Crippen molar-refractivity contribution >= 4 is 27.9 Å². The summed E-state index contributed by atoms with van der Waals surface area (Å²) < 4.78 is 0. The Labute approximate surface area is 171 Å². The van der Waals surface area contributed by atoms with E-state index in [1.807, 2.05) is 24.3 Å². The molecule has 3 rings (SSSR count). The van der Waals surface area contributed by atoms with Crippen LogP contribution in [0.3, 0.4) is 0 Å². The average Bonchev–Trinajstić information content (AvgIpc) is 2.77. The van der Waals surface area contributed by atoms with Crippen LogP contribution < -0.4 is 10.2 Å². The summed E-state index contributed by atoms with van der Waals surface area (Å²) in [6.07, 6.45) is 2.71. The second kappa shape index (κ2) is 9.55. The molecule has 1 amide bonds. The zero-order chi connectivity index (χ0) is 20.8. The molecule has 2 aromatic carbocycles. The molecule has 1 fully saturated rings. The van der Waals surface area contributed by atoms with E-state index in [4.69, 9.17) is 5.11 Å². The molecule has 0 spiro atoms. The molecular formula is C23H27N3O3. The first-order valence-corrected chi connectivity index (χ1v) is 10.0. The molecule has 0 bridgehead atoms. The molecule has 152 valence electrons. The number of hydrogen-bond donors (Lipinski definition) is 3. The summed E-state index contributed by atoms with van der Waals surface area (Å²) in [6, 6.07) is 14.3. The SMILES string of the molecule is CC(=C(C#N)C(=O)NCC(O)CO)c1ccc2cc(N3CCCCC3)ccc2c1. The molecule has 0 radical (unpaired) electrons. The minimum absolute atomic E-state index is 0.000531. The summed E-state index contributed by atoms with van der Waals surface area (Å²) in [6.45, 7) is 3.37. The number of rotatable bonds is 6. The van der Waals surface area contributed by atoms with E-state index in [-0.39, 0.29) is 12.1 Å². The van der Waals surface area contributed by atoms with Crippen LogP contribution in [0.4, 0.5) is 5.69 Å². The number of nitrogens with one attached hydrogen (secondary N) is 1. The van der Waals surface area contributed by atoms with Crippen molar-refractivity contribution in [3.8, 4) is 6.07 Å². The maximum atomic E-state index is 12.3. The van der Waals surface area contributed by atoms with Crippen LogP contribution in [0.1, 0.15) is 31.7 Å². The van der Waals surface area contributed by atoms with Gasteiger partial charge in [0.1, 0.15) is 11.6 Å². The van der Waals surface area contributed by atoms with Crippen molar-refractivity contribution < 1.29 is 15.0 Å². The van der Waals surface area contributed by atoms with Gasteiger partial charge in [-0.3, -0.25) is 4.79 Å². The zero-order valence-electron chi connectivity index (χ0n) is 16.7. The molecule has 6 heteroatoms. The van der Waals surface area contributed by atoms with E-state index < -0.39 is 18.6 Å². The number of aliphatic hydroxyl groups is 2. The van der Waals surface area contributed by atoms with Crippen LogP contribution in [0.2, 0.25) is 0 Å². The number of fused-ring (bicyclic) bond motifs is 1. The highest BCUT2D eigenvalue weighted by molar-refractivity contribution is 6.05. The van der Waals surface area contributed by atoms with Crippen LogP contribution >= 0.6 is 0 Å². The van der Waals surface area contributed by atoms with Crippen LogP contribution in [0.5, 0.6) is 0 Å². The number of nitrogens with zero attached hydrogens (tertiary/aromatic N) is 2. The molecule has 2 aromatic rings. The summed E-state index contributed by atoms with van der Waals surface area (Å²) >= 11 is 0. The minimum Gasteiger partial charge on any atom is -0.394 e. The summed E-state index contributed by atoms with van der Waals surface area (Å²) in [7, 11) is 0. The fraction of sp³-hybridized carbons (Fsp3) is 0.391. The third kappa shape index (κ3) is 4.94. The number of nitriles is 1. The molecule has 3 N–H and O–H groups in total. The van der Waals surface area contributed by atoms with Crippen molar-refractivity contribution in [3.63, 3.8) is 0 Å². The summed E-state index contributed by atoms with van der Waals surface area (Å²) in [5.74, 6) is -0.557. The zero-order valence-corrected chi connectivity index (χ0v) is 16.7. The highest BCUT2D eigenvalue weighted by Gasteiger charge is 2.16. The van der Waals surface area contributed by atoms with Crippen molar-refractivity contribution in [1.29, 1.82) is 5.26 Å². The largest absolute Gasteiger partial charge is 0.394 e. The lowest BCUT2D eigenvalue weighted by Crippen LogP contribution is -2.34. The number of amides is 1. The van der Waals surface area contributed by atoms with Gasteiger partial charge in [-0.2, -0.15) is 5.26 Å². The van der Waals surface area contributed by atoms with Gasteiger partial charge in [-0.1, -0.05) is 18.2 Å². The van der Waals surface area contributed by atoms with E-state index in [0.717, 1.165) is 29.4 Å². The van der Waals surface area contributed by atoms with E-state index in [0.29, 0.717) is 5.57 Å². The second-order valence-electron chi connectivity index (χ2n) is 7.45. The van der Waals surface area contributed by atoms with Gasteiger partial charge < -0.3 is 20.4 Å². The minimum atomic E-state index is -1.05. The molecule has 1 aliphatic heterocycles. The van der Waals surface area contributed by atoms with Gasteiger partial charge in [-0.25, -0.2) is 0 Å². The normalized spacial score (nSPS) is 16.1. The molecule has 1 heterocycles. The van der Waals surface area contributed by atoms with Crippen LogP contribution in [0.15, 0.2) is 42.0 Å². The Morgan fingerprint density at radius 1 is 1.17 bits per heavy atom. The predicted molar refractivity (Wildman–Crippen MR) is 114 cm³/mol. The molecule has 1 atom stereocenters. The third-order valence-corrected chi connectivity index (χ3v) is 5.40. The van der Waals surface area contributed by atoms with Crippen LogP contribution in [-0.4, -0.2) is 48.5 Å². The van der Waals surface area contributed by atoms with Crippen molar-refractivity contribution in [2.75, 3.05) is 31.1 Å². The summed E-state index contributed by atoms with van der Waals surface area (Å²) in [5, 5.41) is 32.4. The molecule has 6 nitrogen and oxygen atoms in total. The Balaban J connectivity index is 1.85. The van der Waals surface area contributed by atoms with Gasteiger partial charge in [0.05, 0.1) is 12.7 Å². The Hall–Kier alpha value is -2.88. The highest BCUT2D eigenvalue weighted by Crippen LogP contribution is 2.28. The van der Waals surface area contributed by atoms with Crippen molar-refractivity contribution in [3.05, 3.63) is 47.5 Å². The Kier molecular flexibility index (Phi) is 6.86. The monoisotopic (exact) mass is 393 g/mol. The number of hydrogen-bond acceptors (Lipinski definition) is 5. The van der Waals surface area contributed by atoms with Gasteiger partial charge in [0, 0.05) is 25.3 Å². The van der Waals surface area contributed by atoms with E-state index in [9.17, 15) is 15.2 Å². The van der Waals surface area contributed by atoms with Gasteiger partial charge >= 0.3 is 0 Å². The fourth-order valence-corrected chi connectivity index (χ4v) is 3.63. The number of benzene rings is 2. The van der Waals surface area contributed by atoms with Crippen LogP contribution in [0, 0.1) is 11.3 Å². The lowest BCUT2D eigenvalue weighted by molar-refractivity contribution is -0.117. The molecule has 1 aliphatic rings. The number of carbonyl (C=O) groups excluding carboxylic acids is 1. The Morgan fingerprint density at radius 3 is 2.55 bits per heavy atom. The molecule has 1 saturated heterocycles. The van der Waals surface area contributed by atoms with Crippen molar-refractivity contribution in [1.82, 2.24) is 5.32 Å². The third-order valence-electron chi connectivity index (χ3n) is 5.40. The number of piperidine rings is 1. The van der Waals surface area contributed by atoms with Gasteiger partial charge in [-0.05, 0) is 66.3 Å². The van der Waals surface area contributed by atoms with Gasteiger partial charge in [0.25, 0.3) is 5.91 Å². The molecule has 1 unspecified atom stereocenters. The van der Waals surface area contributed by atoms with Crippen molar-refractivity contribution in [2.45, 2.75) is 32.3 Å². The molecule has 0 aliphatic carbocycles. The number of anilines is 1. The number of carbonyl (C=O) groups is 1. The highest BCUT2D eigenvalue weighted by atomic mass is 16.3. The topological polar surface area (TPSA) is 96.6 Å². The summed E-state index contributed by atoms with van der Waals surface area (Å²) in [4.78, 5) is 14.7. The first kappa shape index (κ1) is 20.8. The van der Waals surface area contributed by atoms with E-state index in [1.165, 1.54) is 24.9 Å². The standard InChI is InChI=1S/C23H27N3O3/c1-16(22(13-24)23(29)25-14-21(28)15-27)17-5-6-19-12-20(8-7-18(19)11-17)26-9-3-2-4-10-26/h5-8,11-12,21,27-28H,2-4,9-10,14-15H2,1H3,(H,25,29). The van der Waals surface area contributed by atoms with E-state index in [2.05, 4.69) is 28.4 Å². The molecule has 29 heavy (non-hydrogen) atoms. The van der Waals surface area contributed by atoms with Crippen LogP contribution in [-0.2, 0) is 4.79 Å². The van der Waals surface area contributed by atoms with Crippen molar-refractivity contribution in [2.24, 2.45) is 0 Å². The van der Waals surface area contributed by atoms with E-state index >= 15 is 0 Å².